The van der Waals surface area contributed by atoms with Crippen LogP contribution in [0.25, 0.3) is 0 Å². The molecular formula is C18H36N2O. The van der Waals surface area contributed by atoms with Crippen molar-refractivity contribution < 1.29 is 4.74 Å². The zero-order chi connectivity index (χ0) is 15.5. The predicted molar refractivity (Wildman–Crippen MR) is 88.8 cm³/mol. The lowest BCUT2D eigenvalue weighted by Gasteiger charge is -2.42. The highest BCUT2D eigenvalue weighted by molar-refractivity contribution is 4.94. The third-order valence-corrected chi connectivity index (χ3v) is 5.45. The molecule has 2 aliphatic rings. The van der Waals surface area contributed by atoms with Crippen molar-refractivity contribution in [2.45, 2.75) is 90.7 Å². The number of nitrogens with one attached hydrogen (secondary N) is 1. The number of hydrogen-bond acceptors (Lipinski definition) is 3. The van der Waals surface area contributed by atoms with E-state index in [0.717, 1.165) is 6.61 Å². The van der Waals surface area contributed by atoms with Gasteiger partial charge in [0.2, 0.25) is 0 Å². The Morgan fingerprint density at radius 2 is 1.95 bits per heavy atom. The quantitative estimate of drug-likeness (QED) is 0.595. The van der Waals surface area contributed by atoms with Gasteiger partial charge < -0.3 is 4.74 Å². The normalized spacial score (nSPS) is 28.7. The fraction of sp³-hybridized carbons (Fsp3) is 1.00. The van der Waals surface area contributed by atoms with Crippen LogP contribution in [-0.4, -0.2) is 18.2 Å². The number of nitrogens with two attached hydrogens (primary N) is 1. The molecule has 2 fully saturated rings. The van der Waals surface area contributed by atoms with Crippen molar-refractivity contribution in [3.63, 3.8) is 0 Å². The SMILES string of the molecule is CC(CC(NN)C1CCOC2(CCCC2)C1)CC(C)(C)C. The molecule has 21 heavy (non-hydrogen) atoms. The van der Waals surface area contributed by atoms with E-state index in [9.17, 15) is 0 Å². The Kier molecular flexibility index (Phi) is 5.72. The molecule has 1 saturated carbocycles. The zero-order valence-corrected chi connectivity index (χ0v) is 14.6. The second-order valence-electron chi connectivity index (χ2n) is 8.87. The predicted octanol–water partition coefficient (Wildman–Crippen LogP) is 4.02. The van der Waals surface area contributed by atoms with Gasteiger partial charge in [-0.2, -0.15) is 0 Å². The minimum absolute atomic E-state index is 0.200. The molecule has 0 aromatic carbocycles. The number of ether oxygens (including phenoxy) is 1. The molecular weight excluding hydrogens is 260 g/mol. The molecule has 0 aromatic heterocycles. The van der Waals surface area contributed by atoms with E-state index < -0.39 is 0 Å². The van der Waals surface area contributed by atoms with Crippen molar-refractivity contribution >= 4 is 0 Å². The molecule has 2 rings (SSSR count). The van der Waals surface area contributed by atoms with Crippen LogP contribution in [0.1, 0.15) is 79.1 Å². The summed E-state index contributed by atoms with van der Waals surface area (Å²) in [5.41, 5.74) is 3.74. The maximum Gasteiger partial charge on any atom is 0.0685 e. The smallest absolute Gasteiger partial charge is 0.0685 e. The second kappa shape index (κ2) is 6.97. The van der Waals surface area contributed by atoms with Gasteiger partial charge in [0.05, 0.1) is 5.60 Å². The van der Waals surface area contributed by atoms with Gasteiger partial charge in [0.1, 0.15) is 0 Å². The van der Waals surface area contributed by atoms with Gasteiger partial charge in [0, 0.05) is 12.6 Å². The monoisotopic (exact) mass is 296 g/mol. The molecule has 1 aliphatic carbocycles. The van der Waals surface area contributed by atoms with Crippen molar-refractivity contribution in [1.82, 2.24) is 5.43 Å². The molecule has 3 unspecified atom stereocenters. The van der Waals surface area contributed by atoms with Gasteiger partial charge in [-0.25, -0.2) is 0 Å². The van der Waals surface area contributed by atoms with Crippen molar-refractivity contribution in [3.8, 4) is 0 Å². The van der Waals surface area contributed by atoms with E-state index in [4.69, 9.17) is 10.6 Å². The van der Waals surface area contributed by atoms with E-state index in [0.29, 0.717) is 23.3 Å². The number of rotatable bonds is 5. The van der Waals surface area contributed by atoms with Gasteiger partial charge in [-0.05, 0) is 55.8 Å². The Labute approximate surface area is 131 Å². The maximum atomic E-state index is 6.17. The number of hydrazine groups is 1. The summed E-state index contributed by atoms with van der Waals surface area (Å²) in [6, 6.07) is 0.448. The Morgan fingerprint density at radius 3 is 2.52 bits per heavy atom. The van der Waals surface area contributed by atoms with Crippen LogP contribution in [-0.2, 0) is 4.74 Å². The average molecular weight is 296 g/mol. The van der Waals surface area contributed by atoms with E-state index in [1.54, 1.807) is 0 Å². The third-order valence-electron chi connectivity index (χ3n) is 5.45. The number of hydrogen-bond donors (Lipinski definition) is 2. The standard InChI is InChI=1S/C18H36N2O/c1-14(12-17(2,3)4)11-16(20-19)15-7-10-21-18(13-15)8-5-6-9-18/h14-16,20H,5-13,19H2,1-4H3. The van der Waals surface area contributed by atoms with Crippen molar-refractivity contribution in [2.24, 2.45) is 23.1 Å². The topological polar surface area (TPSA) is 47.3 Å². The first-order valence-electron chi connectivity index (χ1n) is 8.94. The minimum Gasteiger partial charge on any atom is -0.375 e. The Morgan fingerprint density at radius 1 is 1.29 bits per heavy atom. The molecule has 1 aliphatic heterocycles. The molecule has 0 amide bonds. The highest BCUT2D eigenvalue weighted by atomic mass is 16.5. The Hall–Kier alpha value is -0.120. The summed E-state index contributed by atoms with van der Waals surface area (Å²) < 4.78 is 6.17. The van der Waals surface area contributed by atoms with Crippen LogP contribution in [0, 0.1) is 17.3 Å². The van der Waals surface area contributed by atoms with Crippen LogP contribution in [0.2, 0.25) is 0 Å². The fourth-order valence-electron chi connectivity index (χ4n) is 4.74. The first kappa shape index (κ1) is 17.2. The molecule has 0 bridgehead atoms. The van der Waals surface area contributed by atoms with E-state index in [1.807, 2.05) is 0 Å². The molecule has 3 nitrogen and oxygen atoms in total. The van der Waals surface area contributed by atoms with Gasteiger partial charge in [-0.15, -0.1) is 0 Å². The lowest BCUT2D eigenvalue weighted by molar-refractivity contribution is -0.0990. The van der Waals surface area contributed by atoms with Gasteiger partial charge in [0.15, 0.2) is 0 Å². The second-order valence-corrected chi connectivity index (χ2v) is 8.87. The highest BCUT2D eigenvalue weighted by Crippen LogP contribution is 2.43. The molecule has 1 saturated heterocycles. The van der Waals surface area contributed by atoms with E-state index >= 15 is 0 Å². The molecule has 3 atom stereocenters. The van der Waals surface area contributed by atoms with Crippen LogP contribution in [0.5, 0.6) is 0 Å². The van der Waals surface area contributed by atoms with Gasteiger partial charge in [-0.3, -0.25) is 11.3 Å². The van der Waals surface area contributed by atoms with Gasteiger partial charge in [-0.1, -0.05) is 40.5 Å². The van der Waals surface area contributed by atoms with Gasteiger partial charge >= 0.3 is 0 Å². The van der Waals surface area contributed by atoms with Crippen molar-refractivity contribution in [3.05, 3.63) is 0 Å². The Bertz CT molecular complexity index is 318. The summed E-state index contributed by atoms with van der Waals surface area (Å²) in [6.45, 7) is 10.3. The fourth-order valence-corrected chi connectivity index (χ4v) is 4.74. The summed E-state index contributed by atoms with van der Waals surface area (Å²) in [6.07, 6.45) is 10.0. The molecule has 0 aromatic rings. The van der Waals surface area contributed by atoms with E-state index in [2.05, 4.69) is 33.1 Å². The molecule has 1 heterocycles. The first-order valence-corrected chi connectivity index (χ1v) is 8.94. The van der Waals surface area contributed by atoms with E-state index in [-0.39, 0.29) is 5.60 Å². The van der Waals surface area contributed by atoms with Crippen LogP contribution in [0.15, 0.2) is 0 Å². The third kappa shape index (κ3) is 4.94. The van der Waals surface area contributed by atoms with Crippen LogP contribution in [0.3, 0.4) is 0 Å². The Balaban J connectivity index is 1.90. The molecule has 0 radical (unpaired) electrons. The van der Waals surface area contributed by atoms with Crippen LogP contribution in [0.4, 0.5) is 0 Å². The van der Waals surface area contributed by atoms with Crippen molar-refractivity contribution in [1.29, 1.82) is 0 Å². The largest absolute Gasteiger partial charge is 0.375 e. The minimum atomic E-state index is 0.200. The van der Waals surface area contributed by atoms with E-state index in [1.165, 1.54) is 51.4 Å². The molecule has 1 spiro atoms. The summed E-state index contributed by atoms with van der Waals surface area (Å²) in [4.78, 5) is 0. The van der Waals surface area contributed by atoms with Gasteiger partial charge in [0.25, 0.3) is 0 Å². The summed E-state index contributed by atoms with van der Waals surface area (Å²) in [5.74, 6) is 7.31. The average Bonchev–Trinajstić information content (AvgIpc) is 2.82. The summed E-state index contributed by atoms with van der Waals surface area (Å²) >= 11 is 0. The lowest BCUT2D eigenvalue weighted by atomic mass is 9.76. The summed E-state index contributed by atoms with van der Waals surface area (Å²) in [7, 11) is 0. The highest BCUT2D eigenvalue weighted by Gasteiger charge is 2.42. The molecule has 3 heteroatoms. The first-order chi connectivity index (χ1) is 9.84. The van der Waals surface area contributed by atoms with Crippen LogP contribution >= 0.6 is 0 Å². The molecule has 124 valence electrons. The molecule has 3 N–H and O–H groups in total. The lowest BCUT2D eigenvalue weighted by Crippen LogP contribution is -2.48. The summed E-state index contributed by atoms with van der Waals surface area (Å²) in [5, 5.41) is 0. The van der Waals surface area contributed by atoms with Crippen molar-refractivity contribution in [2.75, 3.05) is 6.61 Å². The zero-order valence-electron chi connectivity index (χ0n) is 14.6. The maximum absolute atomic E-state index is 6.17. The van der Waals surface area contributed by atoms with Crippen LogP contribution < -0.4 is 11.3 Å².